The molecule has 0 heterocycles. The zero-order valence-corrected chi connectivity index (χ0v) is 6.60. The molecule has 1 atom stereocenters. The van der Waals surface area contributed by atoms with Crippen LogP contribution >= 0.6 is 0 Å². The highest BCUT2D eigenvalue weighted by Gasteiger charge is 2.07. The third-order valence-corrected chi connectivity index (χ3v) is 1.73. The average Bonchev–Trinajstić information content (AvgIpc) is 2.10. The topological polar surface area (TPSA) is 63.3 Å². The van der Waals surface area contributed by atoms with Crippen LogP contribution in [0.25, 0.3) is 0 Å². The lowest BCUT2D eigenvalue weighted by Gasteiger charge is -2.06. The van der Waals surface area contributed by atoms with E-state index in [-0.39, 0.29) is 6.61 Å². The molecule has 3 nitrogen and oxygen atoms in total. The van der Waals surface area contributed by atoms with Gasteiger partial charge in [-0.3, -0.25) is 0 Å². The first-order valence-corrected chi connectivity index (χ1v) is 3.69. The van der Waals surface area contributed by atoms with Crippen LogP contribution in [0.3, 0.4) is 0 Å². The SMILES string of the molecule is Nc1ccc(C(C=O)CO)cc1. The van der Waals surface area contributed by atoms with Crippen LogP contribution in [-0.4, -0.2) is 18.0 Å². The predicted octanol–water partition coefficient (Wildman–Crippen LogP) is 0.544. The van der Waals surface area contributed by atoms with Crippen molar-refractivity contribution < 1.29 is 9.90 Å². The Hall–Kier alpha value is -1.35. The van der Waals surface area contributed by atoms with E-state index in [9.17, 15) is 4.79 Å². The minimum absolute atomic E-state index is 0.159. The normalized spacial score (nSPS) is 12.4. The van der Waals surface area contributed by atoms with Crippen LogP contribution in [0.1, 0.15) is 11.5 Å². The lowest BCUT2D eigenvalue weighted by atomic mass is 10.0. The van der Waals surface area contributed by atoms with E-state index in [1.165, 1.54) is 0 Å². The van der Waals surface area contributed by atoms with Crippen LogP contribution in [0, 0.1) is 0 Å². The molecule has 0 saturated heterocycles. The number of aliphatic hydroxyl groups excluding tert-OH is 1. The summed E-state index contributed by atoms with van der Waals surface area (Å²) in [5.41, 5.74) is 6.91. The summed E-state index contributed by atoms with van der Waals surface area (Å²) in [5.74, 6) is -0.425. The van der Waals surface area contributed by atoms with E-state index in [2.05, 4.69) is 0 Å². The molecule has 0 spiro atoms. The van der Waals surface area contributed by atoms with E-state index in [1.807, 2.05) is 0 Å². The van der Waals surface area contributed by atoms with Crippen molar-refractivity contribution in [3.63, 3.8) is 0 Å². The molecule has 0 aliphatic carbocycles. The Bertz CT molecular complexity index is 256. The molecule has 0 aliphatic heterocycles. The number of benzene rings is 1. The largest absolute Gasteiger partial charge is 0.399 e. The Morgan fingerprint density at radius 2 is 2.00 bits per heavy atom. The summed E-state index contributed by atoms with van der Waals surface area (Å²) in [5, 5.41) is 8.79. The third kappa shape index (κ3) is 1.83. The Labute approximate surface area is 70.8 Å². The maximum Gasteiger partial charge on any atom is 0.129 e. The van der Waals surface area contributed by atoms with Crippen molar-refractivity contribution in [1.82, 2.24) is 0 Å². The van der Waals surface area contributed by atoms with Crippen molar-refractivity contribution in [3.05, 3.63) is 29.8 Å². The zero-order chi connectivity index (χ0) is 8.97. The molecule has 12 heavy (non-hydrogen) atoms. The minimum atomic E-state index is -0.425. The van der Waals surface area contributed by atoms with Crippen LogP contribution in [0.2, 0.25) is 0 Å². The summed E-state index contributed by atoms with van der Waals surface area (Å²) >= 11 is 0. The molecule has 0 radical (unpaired) electrons. The summed E-state index contributed by atoms with van der Waals surface area (Å²) in [6, 6.07) is 6.90. The fourth-order valence-electron chi connectivity index (χ4n) is 0.970. The van der Waals surface area contributed by atoms with Gasteiger partial charge in [0.15, 0.2) is 0 Å². The lowest BCUT2D eigenvalue weighted by Crippen LogP contribution is -2.04. The van der Waals surface area contributed by atoms with Gasteiger partial charge >= 0.3 is 0 Å². The molecule has 3 N–H and O–H groups in total. The fraction of sp³-hybridized carbons (Fsp3) is 0.222. The second-order valence-electron chi connectivity index (χ2n) is 2.59. The Morgan fingerprint density at radius 1 is 1.42 bits per heavy atom. The van der Waals surface area contributed by atoms with Crippen LogP contribution < -0.4 is 5.73 Å². The molecule has 0 saturated carbocycles. The van der Waals surface area contributed by atoms with Gasteiger partial charge in [-0.2, -0.15) is 0 Å². The Morgan fingerprint density at radius 3 is 2.42 bits per heavy atom. The summed E-state index contributed by atoms with van der Waals surface area (Å²) < 4.78 is 0. The van der Waals surface area contributed by atoms with Crippen molar-refractivity contribution in [2.45, 2.75) is 5.92 Å². The number of aldehydes is 1. The quantitative estimate of drug-likeness (QED) is 0.507. The van der Waals surface area contributed by atoms with Gasteiger partial charge in [-0.05, 0) is 17.7 Å². The summed E-state index contributed by atoms with van der Waals surface area (Å²) in [6.07, 6.45) is 0.728. The van der Waals surface area contributed by atoms with Gasteiger partial charge in [-0.1, -0.05) is 12.1 Å². The maximum atomic E-state index is 10.4. The standard InChI is InChI=1S/C9H11NO2/c10-9-3-1-7(2-4-9)8(5-11)6-12/h1-5,8,12H,6,10H2. The average molecular weight is 165 g/mol. The van der Waals surface area contributed by atoms with Crippen LogP contribution in [-0.2, 0) is 4.79 Å². The van der Waals surface area contributed by atoms with Crippen molar-refractivity contribution >= 4 is 12.0 Å². The molecule has 1 unspecified atom stereocenters. The minimum Gasteiger partial charge on any atom is -0.399 e. The number of nitrogen functional groups attached to an aromatic ring is 1. The first-order chi connectivity index (χ1) is 5.77. The number of aliphatic hydroxyl groups is 1. The number of carbonyl (C=O) groups excluding carboxylic acids is 1. The van der Waals surface area contributed by atoms with E-state index < -0.39 is 5.92 Å². The summed E-state index contributed by atoms with van der Waals surface area (Å²) in [7, 11) is 0. The van der Waals surface area contributed by atoms with Crippen LogP contribution in [0.15, 0.2) is 24.3 Å². The third-order valence-electron chi connectivity index (χ3n) is 1.73. The van der Waals surface area contributed by atoms with Crippen molar-refractivity contribution in [2.75, 3.05) is 12.3 Å². The van der Waals surface area contributed by atoms with Gasteiger partial charge < -0.3 is 15.6 Å². The molecule has 1 aromatic carbocycles. The monoisotopic (exact) mass is 165 g/mol. The number of hydrogen-bond donors (Lipinski definition) is 2. The van der Waals surface area contributed by atoms with Gasteiger partial charge in [0.1, 0.15) is 6.29 Å². The highest BCUT2D eigenvalue weighted by atomic mass is 16.3. The van der Waals surface area contributed by atoms with Gasteiger partial charge in [-0.15, -0.1) is 0 Å². The van der Waals surface area contributed by atoms with Crippen LogP contribution in [0.5, 0.6) is 0 Å². The van der Waals surface area contributed by atoms with Gasteiger partial charge in [0.2, 0.25) is 0 Å². The predicted molar refractivity (Wildman–Crippen MR) is 46.7 cm³/mol. The van der Waals surface area contributed by atoms with E-state index in [1.54, 1.807) is 24.3 Å². The molecule has 0 amide bonds. The first kappa shape index (κ1) is 8.74. The molecule has 0 aliphatic rings. The second-order valence-corrected chi connectivity index (χ2v) is 2.59. The van der Waals surface area contributed by atoms with Gasteiger partial charge in [0.05, 0.1) is 12.5 Å². The number of anilines is 1. The number of nitrogens with two attached hydrogens (primary N) is 1. The molecule has 1 rings (SSSR count). The van der Waals surface area contributed by atoms with Gasteiger partial charge in [0.25, 0.3) is 0 Å². The number of hydrogen-bond acceptors (Lipinski definition) is 3. The highest BCUT2D eigenvalue weighted by molar-refractivity contribution is 5.62. The first-order valence-electron chi connectivity index (χ1n) is 3.69. The number of rotatable bonds is 3. The molecule has 0 aromatic heterocycles. The molecule has 64 valence electrons. The van der Waals surface area contributed by atoms with E-state index >= 15 is 0 Å². The van der Waals surface area contributed by atoms with E-state index in [0.717, 1.165) is 11.8 Å². The van der Waals surface area contributed by atoms with Crippen molar-refractivity contribution in [3.8, 4) is 0 Å². The smallest absolute Gasteiger partial charge is 0.129 e. The van der Waals surface area contributed by atoms with Gasteiger partial charge in [-0.25, -0.2) is 0 Å². The summed E-state index contributed by atoms with van der Waals surface area (Å²) in [6.45, 7) is -0.159. The maximum absolute atomic E-state index is 10.4. The molecule has 0 bridgehead atoms. The number of carbonyl (C=O) groups is 1. The molecular formula is C9H11NO2. The van der Waals surface area contributed by atoms with Crippen molar-refractivity contribution in [1.29, 1.82) is 0 Å². The Kier molecular flexibility index (Phi) is 2.82. The zero-order valence-electron chi connectivity index (χ0n) is 6.60. The fourth-order valence-corrected chi connectivity index (χ4v) is 0.970. The molecule has 1 aromatic rings. The molecule has 0 fully saturated rings. The summed E-state index contributed by atoms with van der Waals surface area (Å²) in [4.78, 5) is 10.4. The Balaban J connectivity index is 2.87. The van der Waals surface area contributed by atoms with E-state index in [0.29, 0.717) is 5.69 Å². The van der Waals surface area contributed by atoms with Crippen molar-refractivity contribution in [2.24, 2.45) is 0 Å². The van der Waals surface area contributed by atoms with Gasteiger partial charge in [0, 0.05) is 5.69 Å². The lowest BCUT2D eigenvalue weighted by molar-refractivity contribution is -0.109. The molecule has 3 heteroatoms. The molecular weight excluding hydrogens is 154 g/mol. The second kappa shape index (κ2) is 3.88. The van der Waals surface area contributed by atoms with E-state index in [4.69, 9.17) is 10.8 Å². The van der Waals surface area contributed by atoms with Crippen LogP contribution in [0.4, 0.5) is 5.69 Å². The highest BCUT2D eigenvalue weighted by Crippen LogP contribution is 2.14.